The molecule has 1 amide bonds. The van der Waals surface area contributed by atoms with Crippen LogP contribution in [0.25, 0.3) is 0 Å². The summed E-state index contributed by atoms with van der Waals surface area (Å²) in [6.07, 6.45) is 0. The van der Waals surface area contributed by atoms with E-state index in [2.05, 4.69) is 5.16 Å². The zero-order valence-electron chi connectivity index (χ0n) is 9.14. The van der Waals surface area contributed by atoms with Crippen LogP contribution in [0.3, 0.4) is 0 Å². The highest BCUT2D eigenvalue weighted by Gasteiger charge is 2.13. The number of thiophene rings is 1. The summed E-state index contributed by atoms with van der Waals surface area (Å²) in [5.74, 6) is 0.758. The van der Waals surface area contributed by atoms with Gasteiger partial charge >= 0.3 is 0 Å². The van der Waals surface area contributed by atoms with Crippen LogP contribution in [0.1, 0.15) is 21.8 Å². The van der Waals surface area contributed by atoms with Gasteiger partial charge in [0, 0.05) is 18.5 Å². The van der Waals surface area contributed by atoms with E-state index in [0.717, 1.165) is 11.5 Å². The van der Waals surface area contributed by atoms with Crippen LogP contribution in [0.15, 0.2) is 27.4 Å². The highest BCUT2D eigenvalue weighted by atomic mass is 32.1. The maximum atomic E-state index is 11.9. The lowest BCUT2D eigenvalue weighted by molar-refractivity contribution is 0.0782. The van der Waals surface area contributed by atoms with Gasteiger partial charge in [0.05, 0.1) is 12.1 Å². The molecule has 0 spiro atoms. The van der Waals surface area contributed by atoms with Crippen LogP contribution in [0.4, 0.5) is 0 Å². The van der Waals surface area contributed by atoms with E-state index >= 15 is 0 Å². The van der Waals surface area contributed by atoms with Gasteiger partial charge in [0.1, 0.15) is 11.5 Å². The molecule has 0 atom stereocenters. The predicted octanol–water partition coefficient (Wildman–Crippen LogP) is 2.32. The van der Waals surface area contributed by atoms with Crippen molar-refractivity contribution in [1.29, 1.82) is 0 Å². The molecule has 16 heavy (non-hydrogen) atoms. The van der Waals surface area contributed by atoms with E-state index in [1.165, 1.54) is 11.3 Å². The summed E-state index contributed by atoms with van der Waals surface area (Å²) in [5.41, 5.74) is 1.48. The summed E-state index contributed by atoms with van der Waals surface area (Å²) in [6, 6.07) is 3.65. The predicted molar refractivity (Wildman–Crippen MR) is 61.4 cm³/mol. The van der Waals surface area contributed by atoms with Gasteiger partial charge in [0.15, 0.2) is 0 Å². The Bertz CT molecular complexity index is 476. The van der Waals surface area contributed by atoms with E-state index in [1.807, 2.05) is 29.8 Å². The smallest absolute Gasteiger partial charge is 0.254 e. The zero-order valence-corrected chi connectivity index (χ0v) is 9.95. The number of nitrogens with zero attached hydrogens (tertiary/aromatic N) is 2. The summed E-state index contributed by atoms with van der Waals surface area (Å²) >= 11 is 1.51. The van der Waals surface area contributed by atoms with E-state index in [1.54, 1.807) is 11.9 Å². The minimum Gasteiger partial charge on any atom is -0.361 e. The third kappa shape index (κ3) is 2.30. The first kappa shape index (κ1) is 10.9. The summed E-state index contributed by atoms with van der Waals surface area (Å²) < 4.78 is 4.95. The third-order valence-corrected chi connectivity index (χ3v) is 2.87. The molecule has 0 saturated carbocycles. The summed E-state index contributed by atoms with van der Waals surface area (Å²) in [6.45, 7) is 2.29. The Labute approximate surface area is 97.5 Å². The third-order valence-electron chi connectivity index (χ3n) is 2.19. The lowest BCUT2D eigenvalue weighted by atomic mass is 10.3. The second kappa shape index (κ2) is 4.49. The van der Waals surface area contributed by atoms with Gasteiger partial charge < -0.3 is 9.42 Å². The van der Waals surface area contributed by atoms with Gasteiger partial charge in [0.25, 0.3) is 5.91 Å². The van der Waals surface area contributed by atoms with Crippen molar-refractivity contribution in [1.82, 2.24) is 10.1 Å². The summed E-state index contributed by atoms with van der Waals surface area (Å²) in [4.78, 5) is 13.5. The minimum atomic E-state index is 0.00176. The second-order valence-corrected chi connectivity index (χ2v) is 4.38. The van der Waals surface area contributed by atoms with Crippen LogP contribution in [0, 0.1) is 6.92 Å². The van der Waals surface area contributed by atoms with Crippen molar-refractivity contribution in [2.24, 2.45) is 0 Å². The molecule has 0 aliphatic rings. The molecule has 0 aliphatic heterocycles. The first-order valence-corrected chi connectivity index (χ1v) is 5.81. The highest BCUT2D eigenvalue weighted by Crippen LogP contribution is 2.11. The van der Waals surface area contributed by atoms with E-state index in [0.29, 0.717) is 12.1 Å². The normalized spacial score (nSPS) is 10.4. The van der Waals surface area contributed by atoms with Crippen molar-refractivity contribution in [3.8, 4) is 0 Å². The Morgan fingerprint density at radius 2 is 2.44 bits per heavy atom. The molecule has 0 N–H and O–H groups in total. The lowest BCUT2D eigenvalue weighted by Gasteiger charge is -2.14. The van der Waals surface area contributed by atoms with Gasteiger partial charge in [0.2, 0.25) is 0 Å². The molecule has 5 heteroatoms. The Morgan fingerprint density at radius 3 is 3.00 bits per heavy atom. The molecule has 0 bridgehead atoms. The fraction of sp³-hybridized carbons (Fsp3) is 0.273. The number of aromatic nitrogens is 1. The van der Waals surface area contributed by atoms with Crippen molar-refractivity contribution in [2.45, 2.75) is 13.5 Å². The van der Waals surface area contributed by atoms with Gasteiger partial charge in [-0.25, -0.2) is 0 Å². The Kier molecular flexibility index (Phi) is 3.05. The topological polar surface area (TPSA) is 46.3 Å². The van der Waals surface area contributed by atoms with Gasteiger partial charge in [-0.15, -0.1) is 0 Å². The van der Waals surface area contributed by atoms with Crippen LogP contribution in [-0.4, -0.2) is 23.0 Å². The standard InChI is InChI=1S/C11H12N2O2S/c1-8-5-10(12-15-8)6-13(2)11(14)9-3-4-16-7-9/h3-5,7H,6H2,1-2H3. The van der Waals surface area contributed by atoms with Crippen molar-refractivity contribution >= 4 is 17.2 Å². The quantitative estimate of drug-likeness (QED) is 0.821. The molecule has 84 valence electrons. The fourth-order valence-electron chi connectivity index (χ4n) is 1.41. The molecule has 0 saturated heterocycles. The number of rotatable bonds is 3. The van der Waals surface area contributed by atoms with Gasteiger partial charge in [-0.1, -0.05) is 5.16 Å². The number of hydrogen-bond donors (Lipinski definition) is 0. The second-order valence-electron chi connectivity index (χ2n) is 3.60. The van der Waals surface area contributed by atoms with Crippen LogP contribution in [0.5, 0.6) is 0 Å². The lowest BCUT2D eigenvalue weighted by Crippen LogP contribution is -2.25. The molecular formula is C11H12N2O2S. The van der Waals surface area contributed by atoms with Gasteiger partial charge in [-0.3, -0.25) is 4.79 Å². The van der Waals surface area contributed by atoms with Crippen LogP contribution >= 0.6 is 11.3 Å². The van der Waals surface area contributed by atoms with Crippen molar-refractivity contribution in [2.75, 3.05) is 7.05 Å². The molecule has 4 nitrogen and oxygen atoms in total. The molecule has 2 aromatic heterocycles. The van der Waals surface area contributed by atoms with Crippen LogP contribution < -0.4 is 0 Å². The van der Waals surface area contributed by atoms with Crippen LogP contribution in [-0.2, 0) is 6.54 Å². The minimum absolute atomic E-state index is 0.00176. The van der Waals surface area contributed by atoms with E-state index < -0.39 is 0 Å². The maximum Gasteiger partial charge on any atom is 0.254 e. The Balaban J connectivity index is 2.03. The Hall–Kier alpha value is -1.62. The fourth-order valence-corrected chi connectivity index (χ4v) is 2.04. The first-order valence-electron chi connectivity index (χ1n) is 4.86. The first-order chi connectivity index (χ1) is 7.66. The van der Waals surface area contributed by atoms with E-state index in [9.17, 15) is 4.79 Å². The molecule has 2 aromatic rings. The highest BCUT2D eigenvalue weighted by molar-refractivity contribution is 7.08. The molecule has 0 aliphatic carbocycles. The number of carbonyl (C=O) groups is 1. The van der Waals surface area contributed by atoms with Gasteiger partial charge in [-0.05, 0) is 18.4 Å². The maximum absolute atomic E-state index is 11.9. The largest absolute Gasteiger partial charge is 0.361 e. The van der Waals surface area contributed by atoms with E-state index in [4.69, 9.17) is 4.52 Å². The van der Waals surface area contributed by atoms with Gasteiger partial charge in [-0.2, -0.15) is 11.3 Å². The molecule has 0 aromatic carbocycles. The number of amides is 1. The van der Waals surface area contributed by atoms with Crippen molar-refractivity contribution in [3.05, 3.63) is 39.9 Å². The zero-order chi connectivity index (χ0) is 11.5. The monoisotopic (exact) mass is 236 g/mol. The molecule has 2 heterocycles. The SMILES string of the molecule is Cc1cc(CN(C)C(=O)c2ccsc2)no1. The van der Waals surface area contributed by atoms with Crippen LogP contribution in [0.2, 0.25) is 0 Å². The van der Waals surface area contributed by atoms with Crippen molar-refractivity contribution < 1.29 is 9.32 Å². The summed E-state index contributed by atoms with van der Waals surface area (Å²) in [7, 11) is 1.75. The summed E-state index contributed by atoms with van der Waals surface area (Å²) in [5, 5.41) is 7.58. The molecule has 0 radical (unpaired) electrons. The van der Waals surface area contributed by atoms with Crippen molar-refractivity contribution in [3.63, 3.8) is 0 Å². The average molecular weight is 236 g/mol. The average Bonchev–Trinajstić information content (AvgIpc) is 2.88. The van der Waals surface area contributed by atoms with E-state index in [-0.39, 0.29) is 5.91 Å². The number of aryl methyl sites for hydroxylation is 1. The number of carbonyl (C=O) groups excluding carboxylic acids is 1. The molecular weight excluding hydrogens is 224 g/mol. The molecule has 0 unspecified atom stereocenters. The number of hydrogen-bond acceptors (Lipinski definition) is 4. The molecule has 2 rings (SSSR count). The Morgan fingerprint density at radius 1 is 1.62 bits per heavy atom. The molecule has 0 fully saturated rings.